The Balaban J connectivity index is 1.85. The lowest BCUT2D eigenvalue weighted by Gasteiger charge is -2.19. The van der Waals surface area contributed by atoms with Crippen molar-refractivity contribution in [3.8, 4) is 11.5 Å². The Labute approximate surface area is 189 Å². The van der Waals surface area contributed by atoms with E-state index in [4.69, 9.17) is 9.47 Å². The number of carbonyl (C=O) groups excluding carboxylic acids is 1. The molecular formula is C25H27NO5S. The molecule has 0 aromatic heterocycles. The molecule has 0 aliphatic heterocycles. The first-order chi connectivity index (χ1) is 15.0. The van der Waals surface area contributed by atoms with Gasteiger partial charge in [0.15, 0.2) is 17.3 Å². The first-order valence-corrected chi connectivity index (χ1v) is 11.5. The van der Waals surface area contributed by atoms with Crippen molar-refractivity contribution < 1.29 is 22.7 Å². The fraction of sp³-hybridized carbons (Fsp3) is 0.240. The minimum absolute atomic E-state index is 0.0100. The van der Waals surface area contributed by atoms with Gasteiger partial charge in [-0.3, -0.25) is 9.52 Å². The number of benzene rings is 3. The third kappa shape index (κ3) is 5.11. The third-order valence-corrected chi connectivity index (χ3v) is 6.43. The number of methoxy groups -OCH3 is 2. The fourth-order valence-electron chi connectivity index (χ4n) is 3.21. The fourth-order valence-corrected chi connectivity index (χ4v) is 4.27. The van der Waals surface area contributed by atoms with E-state index in [2.05, 4.69) is 25.5 Å². The molecule has 1 N–H and O–H groups in total. The van der Waals surface area contributed by atoms with Crippen LogP contribution in [0.1, 0.15) is 42.3 Å². The van der Waals surface area contributed by atoms with Crippen LogP contribution in [-0.4, -0.2) is 28.4 Å². The number of rotatable bonds is 7. The molecule has 0 saturated carbocycles. The van der Waals surface area contributed by atoms with Gasteiger partial charge in [0, 0.05) is 22.9 Å². The van der Waals surface area contributed by atoms with Gasteiger partial charge in [-0.15, -0.1) is 0 Å². The van der Waals surface area contributed by atoms with E-state index in [1.807, 2.05) is 12.1 Å². The van der Waals surface area contributed by atoms with Gasteiger partial charge in [0.05, 0.1) is 19.1 Å². The Kier molecular flexibility index (Phi) is 6.60. The molecule has 0 aliphatic rings. The maximum absolute atomic E-state index is 12.9. The van der Waals surface area contributed by atoms with Gasteiger partial charge in [-0.2, -0.15) is 0 Å². The minimum atomic E-state index is -3.90. The van der Waals surface area contributed by atoms with Crippen LogP contribution in [0.4, 0.5) is 5.69 Å². The summed E-state index contributed by atoms with van der Waals surface area (Å²) in [4.78, 5) is 13.0. The van der Waals surface area contributed by atoms with E-state index in [1.54, 1.807) is 30.3 Å². The number of hydrogen-bond donors (Lipinski definition) is 1. The Bertz CT molecular complexity index is 1230. The number of anilines is 1. The van der Waals surface area contributed by atoms with Gasteiger partial charge in [0.25, 0.3) is 10.0 Å². The highest BCUT2D eigenvalue weighted by molar-refractivity contribution is 7.92. The lowest BCUT2D eigenvalue weighted by atomic mass is 9.86. The molecule has 0 radical (unpaired) electrons. The van der Waals surface area contributed by atoms with Crippen LogP contribution in [-0.2, 0) is 15.4 Å². The summed E-state index contributed by atoms with van der Waals surface area (Å²) in [6.45, 7) is 6.33. The molecule has 0 spiro atoms. The number of nitrogens with one attached hydrogen (secondary N) is 1. The number of hydrogen-bond acceptors (Lipinski definition) is 5. The van der Waals surface area contributed by atoms with Crippen molar-refractivity contribution in [2.45, 2.75) is 31.1 Å². The van der Waals surface area contributed by atoms with Crippen LogP contribution in [0.15, 0.2) is 71.6 Å². The van der Waals surface area contributed by atoms with Gasteiger partial charge in [-0.1, -0.05) is 57.2 Å². The summed E-state index contributed by atoms with van der Waals surface area (Å²) >= 11 is 0. The van der Waals surface area contributed by atoms with Gasteiger partial charge < -0.3 is 9.47 Å². The number of ketones is 1. The molecule has 3 aromatic carbocycles. The first-order valence-electron chi connectivity index (χ1n) is 10.1. The van der Waals surface area contributed by atoms with Gasteiger partial charge in [0.2, 0.25) is 0 Å². The van der Waals surface area contributed by atoms with Crippen molar-refractivity contribution in [3.05, 3.63) is 83.4 Å². The molecule has 0 amide bonds. The molecule has 0 atom stereocenters. The van der Waals surface area contributed by atoms with E-state index in [-0.39, 0.29) is 21.8 Å². The predicted molar refractivity (Wildman–Crippen MR) is 125 cm³/mol. The average molecular weight is 454 g/mol. The maximum atomic E-state index is 12.9. The summed E-state index contributed by atoms with van der Waals surface area (Å²) in [6, 6.07) is 18.2. The van der Waals surface area contributed by atoms with E-state index in [9.17, 15) is 13.2 Å². The molecule has 3 rings (SSSR count). The summed E-state index contributed by atoms with van der Waals surface area (Å²) < 4.78 is 38.6. The van der Waals surface area contributed by atoms with Crippen molar-refractivity contribution >= 4 is 21.5 Å². The normalized spacial score (nSPS) is 11.7. The van der Waals surface area contributed by atoms with Crippen LogP contribution >= 0.6 is 0 Å². The zero-order chi connectivity index (χ0) is 23.5. The third-order valence-electron chi connectivity index (χ3n) is 5.06. The van der Waals surface area contributed by atoms with Gasteiger partial charge >= 0.3 is 0 Å². The highest BCUT2D eigenvalue weighted by atomic mass is 32.2. The summed E-state index contributed by atoms with van der Waals surface area (Å²) in [5.74, 6) is 0.548. The Morgan fingerprint density at radius 3 is 2.06 bits per heavy atom. The maximum Gasteiger partial charge on any atom is 0.262 e. The van der Waals surface area contributed by atoms with Crippen molar-refractivity contribution in [1.29, 1.82) is 0 Å². The second-order valence-corrected chi connectivity index (χ2v) is 10.0. The van der Waals surface area contributed by atoms with Crippen molar-refractivity contribution in [2.24, 2.45) is 0 Å². The van der Waals surface area contributed by atoms with Crippen LogP contribution in [0.3, 0.4) is 0 Å². The second-order valence-electron chi connectivity index (χ2n) is 8.36. The summed E-state index contributed by atoms with van der Waals surface area (Å²) in [5.41, 5.74) is 2.34. The number of carbonyl (C=O) groups is 1. The van der Waals surface area contributed by atoms with E-state index in [0.29, 0.717) is 22.6 Å². The van der Waals surface area contributed by atoms with E-state index >= 15 is 0 Å². The second kappa shape index (κ2) is 9.04. The van der Waals surface area contributed by atoms with Gasteiger partial charge in [0.1, 0.15) is 0 Å². The lowest BCUT2D eigenvalue weighted by Crippen LogP contribution is -2.14. The monoisotopic (exact) mass is 453 g/mol. The van der Waals surface area contributed by atoms with Crippen LogP contribution in [0.25, 0.3) is 0 Å². The van der Waals surface area contributed by atoms with E-state index < -0.39 is 10.0 Å². The smallest absolute Gasteiger partial charge is 0.262 e. The molecule has 32 heavy (non-hydrogen) atoms. The van der Waals surface area contributed by atoms with Gasteiger partial charge in [-0.05, 0) is 35.2 Å². The lowest BCUT2D eigenvalue weighted by molar-refractivity contribution is 0.103. The van der Waals surface area contributed by atoms with Crippen LogP contribution in [0.5, 0.6) is 11.5 Å². The van der Waals surface area contributed by atoms with Crippen LogP contribution < -0.4 is 14.2 Å². The molecule has 0 heterocycles. The molecule has 7 heteroatoms. The van der Waals surface area contributed by atoms with Crippen molar-refractivity contribution in [3.63, 3.8) is 0 Å². The zero-order valence-electron chi connectivity index (χ0n) is 18.8. The summed E-state index contributed by atoms with van der Waals surface area (Å²) in [6.07, 6.45) is 0. The molecule has 0 fully saturated rings. The number of ether oxygens (including phenoxy) is 2. The van der Waals surface area contributed by atoms with Crippen molar-refractivity contribution in [1.82, 2.24) is 0 Å². The molecule has 0 bridgehead atoms. The van der Waals surface area contributed by atoms with Gasteiger partial charge in [-0.25, -0.2) is 8.42 Å². The van der Waals surface area contributed by atoms with Crippen LogP contribution in [0.2, 0.25) is 0 Å². The van der Waals surface area contributed by atoms with Crippen LogP contribution in [0, 0.1) is 0 Å². The molecule has 168 valence electrons. The minimum Gasteiger partial charge on any atom is -0.493 e. The standard InChI is InChI=1S/C25H27NO5S/c1-25(2,3)19-11-9-17(10-12-19)24(27)18-7-6-8-20(15-18)26-32(28,29)21-13-14-22(30-4)23(16-21)31-5/h6-16,26H,1-5H3. The summed E-state index contributed by atoms with van der Waals surface area (Å²) in [7, 11) is -0.986. The Morgan fingerprint density at radius 2 is 1.47 bits per heavy atom. The van der Waals surface area contributed by atoms with Crippen molar-refractivity contribution in [2.75, 3.05) is 18.9 Å². The Hall–Kier alpha value is -3.32. The SMILES string of the molecule is COc1ccc(S(=O)(=O)Nc2cccc(C(=O)c3ccc(C(C)(C)C)cc3)c2)cc1OC. The highest BCUT2D eigenvalue weighted by Crippen LogP contribution is 2.30. The average Bonchev–Trinajstić information content (AvgIpc) is 2.77. The quantitative estimate of drug-likeness (QED) is 0.507. The summed E-state index contributed by atoms with van der Waals surface area (Å²) in [5, 5.41) is 0. The highest BCUT2D eigenvalue weighted by Gasteiger charge is 2.19. The van der Waals surface area contributed by atoms with E-state index in [1.165, 1.54) is 38.5 Å². The molecule has 0 unspecified atom stereocenters. The van der Waals surface area contributed by atoms with E-state index in [0.717, 1.165) is 5.56 Å². The zero-order valence-corrected chi connectivity index (χ0v) is 19.6. The first kappa shape index (κ1) is 23.3. The number of sulfonamides is 1. The molecule has 3 aromatic rings. The Morgan fingerprint density at radius 1 is 0.812 bits per heavy atom. The largest absolute Gasteiger partial charge is 0.493 e. The molecule has 0 aliphatic carbocycles. The molecule has 6 nitrogen and oxygen atoms in total. The molecular weight excluding hydrogens is 426 g/mol. The predicted octanol–water partition coefficient (Wildman–Crippen LogP) is 5.03. The molecule has 0 saturated heterocycles. The topological polar surface area (TPSA) is 81.7 Å².